The Morgan fingerprint density at radius 2 is 2.19 bits per heavy atom. The Labute approximate surface area is 99.4 Å². The van der Waals surface area contributed by atoms with E-state index in [2.05, 4.69) is 38.3 Å². The predicted molar refractivity (Wildman–Crippen MR) is 67.3 cm³/mol. The van der Waals surface area contributed by atoms with Crippen LogP contribution in [0.3, 0.4) is 0 Å². The van der Waals surface area contributed by atoms with Gasteiger partial charge in [-0.3, -0.25) is 4.79 Å². The maximum Gasteiger partial charge on any atom is 0.227 e. The van der Waals surface area contributed by atoms with E-state index < -0.39 is 0 Å². The van der Waals surface area contributed by atoms with Gasteiger partial charge in [-0.25, -0.2) is 0 Å². The third-order valence-electron chi connectivity index (χ3n) is 4.00. The molecule has 0 saturated carbocycles. The molecular weight excluding hydrogens is 200 g/mol. The average Bonchev–Trinajstić information content (AvgIpc) is 2.28. The van der Waals surface area contributed by atoms with Crippen LogP contribution in [0.1, 0.15) is 47.0 Å². The molecule has 1 aliphatic heterocycles. The molecule has 0 bridgehead atoms. The van der Waals surface area contributed by atoms with Gasteiger partial charge in [0, 0.05) is 12.6 Å². The normalized spacial score (nSPS) is 29.5. The molecule has 0 radical (unpaired) electrons. The Kier molecular flexibility index (Phi) is 4.78. The van der Waals surface area contributed by atoms with Crippen molar-refractivity contribution in [1.29, 1.82) is 0 Å². The molecule has 0 spiro atoms. The standard InChI is InChI=1S/C13H26N2O/c1-5-10(2)11(3)15-12(16)13(4)7-6-8-14-9-13/h10-11,14H,5-9H2,1-4H3,(H,15,16). The van der Waals surface area contributed by atoms with Crippen LogP contribution in [0.4, 0.5) is 0 Å². The maximum atomic E-state index is 12.2. The Balaban J connectivity index is 2.50. The Hall–Kier alpha value is -0.570. The smallest absolute Gasteiger partial charge is 0.227 e. The van der Waals surface area contributed by atoms with Crippen molar-refractivity contribution in [2.45, 2.75) is 53.0 Å². The third-order valence-corrected chi connectivity index (χ3v) is 4.00. The number of piperidine rings is 1. The van der Waals surface area contributed by atoms with E-state index in [1.165, 1.54) is 0 Å². The van der Waals surface area contributed by atoms with Crippen molar-refractivity contribution in [3.05, 3.63) is 0 Å². The van der Waals surface area contributed by atoms with Gasteiger partial charge in [-0.05, 0) is 39.2 Å². The van der Waals surface area contributed by atoms with Gasteiger partial charge in [0.25, 0.3) is 0 Å². The number of amides is 1. The van der Waals surface area contributed by atoms with Gasteiger partial charge in [-0.2, -0.15) is 0 Å². The molecule has 1 fully saturated rings. The lowest BCUT2D eigenvalue weighted by molar-refractivity contribution is -0.132. The van der Waals surface area contributed by atoms with Crippen LogP contribution in [0.2, 0.25) is 0 Å². The van der Waals surface area contributed by atoms with E-state index in [1.54, 1.807) is 0 Å². The molecule has 0 aromatic heterocycles. The van der Waals surface area contributed by atoms with E-state index in [0.717, 1.165) is 32.4 Å². The molecule has 1 amide bonds. The summed E-state index contributed by atoms with van der Waals surface area (Å²) in [4.78, 5) is 12.2. The highest BCUT2D eigenvalue weighted by Gasteiger charge is 2.35. The van der Waals surface area contributed by atoms with Crippen LogP contribution < -0.4 is 10.6 Å². The number of hydrogen-bond donors (Lipinski definition) is 2. The molecule has 94 valence electrons. The molecule has 1 heterocycles. The van der Waals surface area contributed by atoms with Crippen molar-refractivity contribution in [3.63, 3.8) is 0 Å². The van der Waals surface area contributed by atoms with Crippen molar-refractivity contribution >= 4 is 5.91 Å². The number of rotatable bonds is 4. The van der Waals surface area contributed by atoms with Gasteiger partial charge in [0.2, 0.25) is 5.91 Å². The zero-order valence-corrected chi connectivity index (χ0v) is 11.1. The highest BCUT2D eigenvalue weighted by Crippen LogP contribution is 2.26. The molecule has 16 heavy (non-hydrogen) atoms. The minimum atomic E-state index is -0.208. The number of hydrogen-bond acceptors (Lipinski definition) is 2. The fourth-order valence-corrected chi connectivity index (χ4v) is 2.13. The molecule has 3 unspecified atom stereocenters. The molecular formula is C13H26N2O. The fourth-order valence-electron chi connectivity index (χ4n) is 2.13. The molecule has 0 aliphatic carbocycles. The van der Waals surface area contributed by atoms with Gasteiger partial charge >= 0.3 is 0 Å². The fraction of sp³-hybridized carbons (Fsp3) is 0.923. The summed E-state index contributed by atoms with van der Waals surface area (Å²) in [6.07, 6.45) is 3.21. The summed E-state index contributed by atoms with van der Waals surface area (Å²) >= 11 is 0. The van der Waals surface area contributed by atoms with E-state index in [1.807, 2.05) is 0 Å². The molecule has 3 atom stereocenters. The second-order valence-corrected chi connectivity index (χ2v) is 5.49. The largest absolute Gasteiger partial charge is 0.353 e. The zero-order valence-electron chi connectivity index (χ0n) is 11.1. The highest BCUT2D eigenvalue weighted by molar-refractivity contribution is 5.82. The summed E-state index contributed by atoms with van der Waals surface area (Å²) in [7, 11) is 0. The predicted octanol–water partition coefficient (Wildman–Crippen LogP) is 1.93. The molecule has 2 N–H and O–H groups in total. The number of carbonyl (C=O) groups excluding carboxylic acids is 1. The van der Waals surface area contributed by atoms with Gasteiger partial charge in [-0.15, -0.1) is 0 Å². The number of carbonyl (C=O) groups is 1. The zero-order chi connectivity index (χ0) is 12.2. The lowest BCUT2D eigenvalue weighted by Gasteiger charge is -2.34. The minimum Gasteiger partial charge on any atom is -0.353 e. The van der Waals surface area contributed by atoms with Crippen LogP contribution >= 0.6 is 0 Å². The van der Waals surface area contributed by atoms with Gasteiger partial charge in [0.05, 0.1) is 5.41 Å². The molecule has 3 heteroatoms. The lowest BCUT2D eigenvalue weighted by Crippen LogP contribution is -2.51. The molecule has 0 aromatic carbocycles. The average molecular weight is 226 g/mol. The highest BCUT2D eigenvalue weighted by atomic mass is 16.2. The minimum absolute atomic E-state index is 0.208. The van der Waals surface area contributed by atoms with E-state index in [9.17, 15) is 4.79 Å². The van der Waals surface area contributed by atoms with Gasteiger partial charge in [0.1, 0.15) is 0 Å². The van der Waals surface area contributed by atoms with Crippen LogP contribution in [0.15, 0.2) is 0 Å². The first-order valence-corrected chi connectivity index (χ1v) is 6.51. The first-order chi connectivity index (χ1) is 7.49. The summed E-state index contributed by atoms with van der Waals surface area (Å²) in [6, 6.07) is 0.274. The summed E-state index contributed by atoms with van der Waals surface area (Å²) < 4.78 is 0. The van der Waals surface area contributed by atoms with Gasteiger partial charge in [-0.1, -0.05) is 20.3 Å². The van der Waals surface area contributed by atoms with E-state index in [4.69, 9.17) is 0 Å². The van der Waals surface area contributed by atoms with Crippen LogP contribution in [0.5, 0.6) is 0 Å². The summed E-state index contributed by atoms with van der Waals surface area (Å²) in [5.74, 6) is 0.761. The van der Waals surface area contributed by atoms with Crippen molar-refractivity contribution in [2.75, 3.05) is 13.1 Å². The molecule has 0 aromatic rings. The Morgan fingerprint density at radius 1 is 1.50 bits per heavy atom. The Bertz CT molecular complexity index is 234. The second kappa shape index (κ2) is 5.67. The molecule has 3 nitrogen and oxygen atoms in total. The second-order valence-electron chi connectivity index (χ2n) is 5.49. The van der Waals surface area contributed by atoms with Gasteiger partial charge in [0.15, 0.2) is 0 Å². The van der Waals surface area contributed by atoms with E-state index in [-0.39, 0.29) is 17.4 Å². The molecule has 1 aliphatic rings. The van der Waals surface area contributed by atoms with Crippen molar-refractivity contribution in [3.8, 4) is 0 Å². The van der Waals surface area contributed by atoms with Crippen LogP contribution in [-0.4, -0.2) is 25.0 Å². The molecule has 1 saturated heterocycles. The molecule has 1 rings (SSSR count). The van der Waals surface area contributed by atoms with Crippen LogP contribution in [-0.2, 0) is 4.79 Å². The third kappa shape index (κ3) is 3.21. The maximum absolute atomic E-state index is 12.2. The Morgan fingerprint density at radius 3 is 2.69 bits per heavy atom. The summed E-state index contributed by atoms with van der Waals surface area (Å²) in [6.45, 7) is 10.4. The SMILES string of the molecule is CCC(C)C(C)NC(=O)C1(C)CCCNC1. The van der Waals surface area contributed by atoms with Crippen molar-refractivity contribution in [2.24, 2.45) is 11.3 Å². The topological polar surface area (TPSA) is 41.1 Å². The first-order valence-electron chi connectivity index (χ1n) is 6.51. The first kappa shape index (κ1) is 13.5. The summed E-state index contributed by atoms with van der Waals surface area (Å²) in [5, 5.41) is 6.47. The summed E-state index contributed by atoms with van der Waals surface area (Å²) in [5.41, 5.74) is -0.208. The lowest BCUT2D eigenvalue weighted by atomic mass is 9.81. The van der Waals surface area contributed by atoms with Crippen LogP contribution in [0.25, 0.3) is 0 Å². The van der Waals surface area contributed by atoms with Gasteiger partial charge < -0.3 is 10.6 Å². The number of nitrogens with one attached hydrogen (secondary N) is 2. The van der Waals surface area contributed by atoms with E-state index >= 15 is 0 Å². The van der Waals surface area contributed by atoms with Crippen molar-refractivity contribution < 1.29 is 4.79 Å². The quantitative estimate of drug-likeness (QED) is 0.769. The monoisotopic (exact) mass is 226 g/mol. The van der Waals surface area contributed by atoms with Crippen molar-refractivity contribution in [1.82, 2.24) is 10.6 Å². The van der Waals surface area contributed by atoms with Crippen LogP contribution in [0, 0.1) is 11.3 Å². The van der Waals surface area contributed by atoms with E-state index in [0.29, 0.717) is 5.92 Å².